The van der Waals surface area contributed by atoms with Gasteiger partial charge in [-0.1, -0.05) is 20.8 Å². The van der Waals surface area contributed by atoms with Crippen molar-refractivity contribution in [1.29, 1.82) is 0 Å². The highest BCUT2D eigenvalue weighted by Gasteiger charge is 2.10. The van der Waals surface area contributed by atoms with Gasteiger partial charge in [-0.25, -0.2) is 0 Å². The quantitative estimate of drug-likeness (QED) is 0.702. The van der Waals surface area contributed by atoms with E-state index in [0.29, 0.717) is 4.75 Å². The SMILES string of the molecule is Cn1ccc(CSC(C)(C)C)n1. The van der Waals surface area contributed by atoms with Crippen LogP contribution in [-0.2, 0) is 12.8 Å². The summed E-state index contributed by atoms with van der Waals surface area (Å²) in [5.41, 5.74) is 1.16. The lowest BCUT2D eigenvalue weighted by Crippen LogP contribution is -2.07. The minimum Gasteiger partial charge on any atom is -0.276 e. The zero-order valence-corrected chi connectivity index (χ0v) is 8.98. The van der Waals surface area contributed by atoms with Crippen LogP contribution in [0.1, 0.15) is 26.5 Å². The van der Waals surface area contributed by atoms with E-state index in [1.807, 2.05) is 29.7 Å². The normalized spacial score (nSPS) is 12.0. The number of hydrogen-bond donors (Lipinski definition) is 0. The molecule has 2 nitrogen and oxygen atoms in total. The monoisotopic (exact) mass is 184 g/mol. The summed E-state index contributed by atoms with van der Waals surface area (Å²) in [6.07, 6.45) is 1.98. The lowest BCUT2D eigenvalue weighted by molar-refractivity contribution is 0.752. The van der Waals surface area contributed by atoms with E-state index in [-0.39, 0.29) is 0 Å². The highest BCUT2D eigenvalue weighted by Crippen LogP contribution is 2.26. The van der Waals surface area contributed by atoms with E-state index < -0.39 is 0 Å². The van der Waals surface area contributed by atoms with Crippen LogP contribution >= 0.6 is 11.8 Å². The predicted molar refractivity (Wildman–Crippen MR) is 54.3 cm³/mol. The molecular weight excluding hydrogens is 168 g/mol. The van der Waals surface area contributed by atoms with Crippen LogP contribution < -0.4 is 0 Å². The van der Waals surface area contributed by atoms with E-state index in [0.717, 1.165) is 11.4 Å². The van der Waals surface area contributed by atoms with Gasteiger partial charge in [-0.15, -0.1) is 11.8 Å². The first-order valence-electron chi connectivity index (χ1n) is 4.10. The van der Waals surface area contributed by atoms with Gasteiger partial charge in [0, 0.05) is 23.7 Å². The second-order valence-electron chi connectivity index (χ2n) is 3.88. The molecule has 0 amide bonds. The summed E-state index contributed by atoms with van der Waals surface area (Å²) in [7, 11) is 1.95. The fourth-order valence-electron chi connectivity index (χ4n) is 0.831. The third-order valence-corrected chi connectivity index (χ3v) is 2.73. The van der Waals surface area contributed by atoms with Crippen molar-refractivity contribution in [2.45, 2.75) is 31.3 Å². The van der Waals surface area contributed by atoms with Crippen LogP contribution in [0, 0.1) is 0 Å². The van der Waals surface area contributed by atoms with Gasteiger partial charge in [0.1, 0.15) is 0 Å². The molecule has 0 saturated heterocycles. The highest BCUT2D eigenvalue weighted by atomic mass is 32.2. The minimum atomic E-state index is 0.331. The maximum Gasteiger partial charge on any atom is 0.0723 e. The summed E-state index contributed by atoms with van der Waals surface area (Å²) >= 11 is 1.92. The number of rotatable bonds is 2. The van der Waals surface area contributed by atoms with Crippen molar-refractivity contribution >= 4 is 11.8 Å². The molecule has 12 heavy (non-hydrogen) atoms. The molecule has 0 unspecified atom stereocenters. The smallest absolute Gasteiger partial charge is 0.0723 e. The third kappa shape index (κ3) is 3.30. The van der Waals surface area contributed by atoms with Crippen LogP contribution in [0.25, 0.3) is 0 Å². The van der Waals surface area contributed by atoms with E-state index in [2.05, 4.69) is 31.9 Å². The van der Waals surface area contributed by atoms with Gasteiger partial charge in [-0.05, 0) is 6.07 Å². The third-order valence-electron chi connectivity index (χ3n) is 1.42. The summed E-state index contributed by atoms with van der Waals surface area (Å²) in [5.74, 6) is 1.00. The molecule has 0 aliphatic carbocycles. The first-order valence-corrected chi connectivity index (χ1v) is 5.08. The lowest BCUT2D eigenvalue weighted by atomic mass is 10.3. The van der Waals surface area contributed by atoms with E-state index >= 15 is 0 Å². The minimum absolute atomic E-state index is 0.331. The molecular formula is C9H16N2S. The van der Waals surface area contributed by atoms with Crippen molar-refractivity contribution in [1.82, 2.24) is 9.78 Å². The average Bonchev–Trinajstić information content (AvgIpc) is 2.30. The second-order valence-corrected chi connectivity index (χ2v) is 5.68. The number of nitrogens with zero attached hydrogens (tertiary/aromatic N) is 2. The first-order chi connectivity index (χ1) is 5.47. The Morgan fingerprint density at radius 1 is 1.50 bits per heavy atom. The molecule has 1 aromatic rings. The van der Waals surface area contributed by atoms with Gasteiger partial charge in [0.25, 0.3) is 0 Å². The zero-order chi connectivity index (χ0) is 9.19. The predicted octanol–water partition coefficient (Wildman–Crippen LogP) is 2.45. The topological polar surface area (TPSA) is 17.8 Å². The summed E-state index contributed by atoms with van der Waals surface area (Å²) in [4.78, 5) is 0. The van der Waals surface area contributed by atoms with Crippen LogP contribution in [0.5, 0.6) is 0 Å². The fourth-order valence-corrected chi connectivity index (χ4v) is 1.57. The van der Waals surface area contributed by atoms with Crippen molar-refractivity contribution < 1.29 is 0 Å². The van der Waals surface area contributed by atoms with Gasteiger partial charge in [0.05, 0.1) is 5.69 Å². The first kappa shape index (κ1) is 9.65. The molecule has 0 aliphatic heterocycles. The molecule has 0 spiro atoms. The molecule has 3 heteroatoms. The highest BCUT2D eigenvalue weighted by molar-refractivity contribution is 7.99. The molecule has 68 valence electrons. The largest absolute Gasteiger partial charge is 0.276 e. The Balaban J connectivity index is 2.44. The van der Waals surface area contributed by atoms with Gasteiger partial charge in [0.2, 0.25) is 0 Å². The van der Waals surface area contributed by atoms with Crippen LogP contribution in [0.2, 0.25) is 0 Å². The molecule has 1 heterocycles. The Labute approximate surface area is 78.4 Å². The Hall–Kier alpha value is -0.440. The van der Waals surface area contributed by atoms with Crippen molar-refractivity contribution in [2.24, 2.45) is 7.05 Å². The molecule has 0 saturated carbocycles. The summed E-state index contributed by atoms with van der Waals surface area (Å²) in [6, 6.07) is 2.07. The maximum absolute atomic E-state index is 4.31. The Kier molecular flexibility index (Phi) is 2.83. The summed E-state index contributed by atoms with van der Waals surface area (Å²) in [5, 5.41) is 4.31. The van der Waals surface area contributed by atoms with Crippen LogP contribution in [0.15, 0.2) is 12.3 Å². The summed E-state index contributed by atoms with van der Waals surface area (Å²) in [6.45, 7) is 6.67. The van der Waals surface area contributed by atoms with Crippen LogP contribution in [0.3, 0.4) is 0 Å². The van der Waals surface area contributed by atoms with Crippen molar-refractivity contribution in [3.05, 3.63) is 18.0 Å². The Morgan fingerprint density at radius 3 is 2.58 bits per heavy atom. The molecule has 0 N–H and O–H groups in total. The van der Waals surface area contributed by atoms with Crippen molar-refractivity contribution in [3.8, 4) is 0 Å². The summed E-state index contributed by atoms with van der Waals surface area (Å²) < 4.78 is 2.18. The zero-order valence-electron chi connectivity index (χ0n) is 8.16. The van der Waals surface area contributed by atoms with Gasteiger partial charge < -0.3 is 0 Å². The molecule has 0 aliphatic rings. The van der Waals surface area contributed by atoms with E-state index in [9.17, 15) is 0 Å². The molecule has 1 aromatic heterocycles. The van der Waals surface area contributed by atoms with E-state index in [4.69, 9.17) is 0 Å². The van der Waals surface area contributed by atoms with Gasteiger partial charge in [-0.3, -0.25) is 4.68 Å². The second kappa shape index (κ2) is 3.52. The molecule has 0 radical (unpaired) electrons. The van der Waals surface area contributed by atoms with E-state index in [1.54, 1.807) is 0 Å². The Bertz CT molecular complexity index is 247. The van der Waals surface area contributed by atoms with Gasteiger partial charge in [-0.2, -0.15) is 5.10 Å². The lowest BCUT2D eigenvalue weighted by Gasteiger charge is -2.16. The van der Waals surface area contributed by atoms with Gasteiger partial charge >= 0.3 is 0 Å². The molecule has 0 aromatic carbocycles. The van der Waals surface area contributed by atoms with Gasteiger partial charge in [0.15, 0.2) is 0 Å². The number of hydrogen-bond acceptors (Lipinski definition) is 2. The van der Waals surface area contributed by atoms with Crippen molar-refractivity contribution in [2.75, 3.05) is 0 Å². The molecule has 1 rings (SSSR count). The van der Waals surface area contributed by atoms with Crippen LogP contribution in [0.4, 0.5) is 0 Å². The number of aryl methyl sites for hydroxylation is 1. The maximum atomic E-state index is 4.31. The fraction of sp³-hybridized carbons (Fsp3) is 0.667. The van der Waals surface area contributed by atoms with Crippen LogP contribution in [-0.4, -0.2) is 14.5 Å². The number of thioether (sulfide) groups is 1. The average molecular weight is 184 g/mol. The van der Waals surface area contributed by atoms with E-state index in [1.165, 1.54) is 0 Å². The molecule has 0 fully saturated rings. The molecule has 0 atom stereocenters. The van der Waals surface area contributed by atoms with Crippen molar-refractivity contribution in [3.63, 3.8) is 0 Å². The Morgan fingerprint density at radius 2 is 2.17 bits per heavy atom. The molecule has 0 bridgehead atoms. The standard InChI is InChI=1S/C9H16N2S/c1-9(2,3)12-7-8-5-6-11(4)10-8/h5-6H,7H2,1-4H3. The number of aromatic nitrogens is 2.